The van der Waals surface area contributed by atoms with Crippen molar-refractivity contribution >= 4 is 23.2 Å². The molecule has 0 atom stereocenters. The Morgan fingerprint density at radius 1 is 1.32 bits per heavy atom. The number of amides is 1. The highest BCUT2D eigenvalue weighted by Gasteiger charge is 2.13. The summed E-state index contributed by atoms with van der Waals surface area (Å²) in [4.78, 5) is 19.7. The summed E-state index contributed by atoms with van der Waals surface area (Å²) in [7, 11) is 0. The van der Waals surface area contributed by atoms with E-state index in [2.05, 4.69) is 15.3 Å². The highest BCUT2D eigenvalue weighted by atomic mass is 35.5. The Kier molecular flexibility index (Phi) is 3.76. The van der Waals surface area contributed by atoms with Gasteiger partial charge >= 0.3 is 0 Å². The molecule has 0 unspecified atom stereocenters. The number of para-hydroxylation sites is 1. The number of aryl methyl sites for hydroxylation is 2. The topological polar surface area (TPSA) is 54.9 Å². The SMILES string of the molecule is Cc1cc(C(=O)Nc2c(C)cccc2F)nc(Cl)n1. The van der Waals surface area contributed by atoms with E-state index < -0.39 is 11.7 Å². The predicted molar refractivity (Wildman–Crippen MR) is 70.9 cm³/mol. The van der Waals surface area contributed by atoms with Crippen molar-refractivity contribution in [2.45, 2.75) is 13.8 Å². The van der Waals surface area contributed by atoms with Crippen LogP contribution in [0.4, 0.5) is 10.1 Å². The number of hydrogen-bond donors (Lipinski definition) is 1. The first-order valence-electron chi connectivity index (χ1n) is 5.55. The zero-order valence-electron chi connectivity index (χ0n) is 10.4. The lowest BCUT2D eigenvalue weighted by molar-refractivity contribution is 0.102. The van der Waals surface area contributed by atoms with Crippen molar-refractivity contribution in [3.05, 3.63) is 52.3 Å². The fraction of sp³-hybridized carbons (Fsp3) is 0.154. The van der Waals surface area contributed by atoms with E-state index in [-0.39, 0.29) is 16.7 Å². The highest BCUT2D eigenvalue weighted by Crippen LogP contribution is 2.19. The Hall–Kier alpha value is -2.01. The summed E-state index contributed by atoms with van der Waals surface area (Å²) in [5.41, 5.74) is 1.43. The number of halogens is 2. The Balaban J connectivity index is 2.31. The molecule has 4 nitrogen and oxygen atoms in total. The van der Waals surface area contributed by atoms with Gasteiger partial charge in [-0.25, -0.2) is 14.4 Å². The van der Waals surface area contributed by atoms with E-state index in [0.717, 1.165) is 0 Å². The van der Waals surface area contributed by atoms with Crippen LogP contribution in [-0.4, -0.2) is 15.9 Å². The van der Waals surface area contributed by atoms with Crippen molar-refractivity contribution in [1.29, 1.82) is 0 Å². The Morgan fingerprint density at radius 2 is 2.05 bits per heavy atom. The third kappa shape index (κ3) is 3.06. The van der Waals surface area contributed by atoms with Gasteiger partial charge in [-0.05, 0) is 43.1 Å². The monoisotopic (exact) mass is 279 g/mol. The van der Waals surface area contributed by atoms with Gasteiger partial charge in [0.15, 0.2) is 0 Å². The molecule has 98 valence electrons. The number of aromatic nitrogens is 2. The van der Waals surface area contributed by atoms with Crippen molar-refractivity contribution in [3.8, 4) is 0 Å². The number of benzene rings is 1. The smallest absolute Gasteiger partial charge is 0.274 e. The predicted octanol–water partition coefficient (Wildman–Crippen LogP) is 3.14. The van der Waals surface area contributed by atoms with Gasteiger partial charge in [-0.15, -0.1) is 0 Å². The van der Waals surface area contributed by atoms with Gasteiger partial charge < -0.3 is 5.32 Å². The lowest BCUT2D eigenvalue weighted by atomic mass is 10.2. The number of anilines is 1. The minimum absolute atomic E-state index is 0.0181. The first-order chi connectivity index (χ1) is 8.97. The van der Waals surface area contributed by atoms with Crippen molar-refractivity contribution in [3.63, 3.8) is 0 Å². The lowest BCUT2D eigenvalue weighted by Gasteiger charge is -2.09. The average molecular weight is 280 g/mol. The van der Waals surface area contributed by atoms with Crippen molar-refractivity contribution < 1.29 is 9.18 Å². The van der Waals surface area contributed by atoms with E-state index in [1.54, 1.807) is 26.0 Å². The highest BCUT2D eigenvalue weighted by molar-refractivity contribution is 6.28. The summed E-state index contributed by atoms with van der Waals surface area (Å²) in [6, 6.07) is 6.04. The van der Waals surface area contributed by atoms with Crippen LogP contribution >= 0.6 is 11.6 Å². The number of nitrogens with zero attached hydrogens (tertiary/aromatic N) is 2. The Labute approximate surface area is 114 Å². The van der Waals surface area contributed by atoms with Crippen molar-refractivity contribution in [2.24, 2.45) is 0 Å². The number of hydrogen-bond acceptors (Lipinski definition) is 3. The lowest BCUT2D eigenvalue weighted by Crippen LogP contribution is -2.16. The first kappa shape index (κ1) is 13.4. The molecule has 0 radical (unpaired) electrons. The molecule has 0 aliphatic rings. The molecule has 0 saturated heterocycles. The van der Waals surface area contributed by atoms with Crippen LogP contribution in [0, 0.1) is 19.7 Å². The molecule has 2 rings (SSSR count). The second kappa shape index (κ2) is 5.32. The summed E-state index contributed by atoms with van der Waals surface area (Å²) in [6.07, 6.45) is 0. The van der Waals surface area contributed by atoms with Gasteiger partial charge in [0.1, 0.15) is 11.5 Å². The van der Waals surface area contributed by atoms with Crippen LogP contribution in [-0.2, 0) is 0 Å². The molecule has 19 heavy (non-hydrogen) atoms. The second-order valence-corrected chi connectivity index (χ2v) is 4.39. The minimum Gasteiger partial charge on any atom is -0.318 e. The number of rotatable bonds is 2. The second-order valence-electron chi connectivity index (χ2n) is 4.05. The molecule has 6 heteroatoms. The Morgan fingerprint density at radius 3 is 2.68 bits per heavy atom. The first-order valence-corrected chi connectivity index (χ1v) is 5.93. The molecular weight excluding hydrogens is 269 g/mol. The minimum atomic E-state index is -0.527. The molecule has 0 aliphatic heterocycles. The van der Waals surface area contributed by atoms with Gasteiger partial charge in [-0.1, -0.05) is 12.1 Å². The Bertz CT molecular complexity index is 605. The van der Waals surface area contributed by atoms with Gasteiger partial charge in [0.2, 0.25) is 5.28 Å². The maximum absolute atomic E-state index is 13.6. The largest absolute Gasteiger partial charge is 0.318 e. The summed E-state index contributed by atoms with van der Waals surface area (Å²) in [5, 5.41) is 2.47. The van der Waals surface area contributed by atoms with E-state index in [0.29, 0.717) is 11.3 Å². The zero-order chi connectivity index (χ0) is 14.0. The normalized spacial score (nSPS) is 10.3. The van der Waals surface area contributed by atoms with E-state index in [1.807, 2.05) is 0 Å². The fourth-order valence-corrected chi connectivity index (χ4v) is 1.84. The summed E-state index contributed by atoms with van der Waals surface area (Å²) < 4.78 is 13.6. The summed E-state index contributed by atoms with van der Waals surface area (Å²) in [6.45, 7) is 3.40. The molecule has 0 bridgehead atoms. The summed E-state index contributed by atoms with van der Waals surface area (Å²) >= 11 is 5.68. The van der Waals surface area contributed by atoms with Crippen LogP contribution in [0.5, 0.6) is 0 Å². The van der Waals surface area contributed by atoms with Crippen LogP contribution in [0.1, 0.15) is 21.7 Å². The number of nitrogens with one attached hydrogen (secondary N) is 1. The molecular formula is C13H11ClFN3O. The van der Waals surface area contributed by atoms with Crippen molar-refractivity contribution in [1.82, 2.24) is 9.97 Å². The number of carbonyl (C=O) groups is 1. The molecule has 1 N–H and O–H groups in total. The van der Waals surface area contributed by atoms with Gasteiger partial charge in [0, 0.05) is 5.69 Å². The maximum Gasteiger partial charge on any atom is 0.274 e. The molecule has 2 aromatic rings. The van der Waals surface area contributed by atoms with E-state index in [9.17, 15) is 9.18 Å². The standard InChI is InChI=1S/C13H11ClFN3O/c1-7-4-3-5-9(15)11(7)18-12(19)10-6-8(2)16-13(14)17-10/h3-6H,1-2H3,(H,18,19). The van der Waals surface area contributed by atoms with Gasteiger partial charge in [0.05, 0.1) is 5.69 Å². The van der Waals surface area contributed by atoms with E-state index >= 15 is 0 Å². The average Bonchev–Trinajstić information content (AvgIpc) is 2.32. The van der Waals surface area contributed by atoms with Crippen LogP contribution < -0.4 is 5.32 Å². The van der Waals surface area contributed by atoms with E-state index in [1.165, 1.54) is 12.1 Å². The zero-order valence-corrected chi connectivity index (χ0v) is 11.1. The molecule has 1 heterocycles. The summed E-state index contributed by atoms with van der Waals surface area (Å²) in [5.74, 6) is -1.02. The van der Waals surface area contributed by atoms with Gasteiger partial charge in [0.25, 0.3) is 5.91 Å². The molecule has 1 amide bonds. The van der Waals surface area contributed by atoms with E-state index in [4.69, 9.17) is 11.6 Å². The number of carbonyl (C=O) groups excluding carboxylic acids is 1. The maximum atomic E-state index is 13.6. The van der Waals surface area contributed by atoms with Crippen LogP contribution in [0.25, 0.3) is 0 Å². The van der Waals surface area contributed by atoms with Gasteiger partial charge in [-0.3, -0.25) is 4.79 Å². The van der Waals surface area contributed by atoms with Crippen LogP contribution in [0.2, 0.25) is 5.28 Å². The molecule has 0 aliphatic carbocycles. The van der Waals surface area contributed by atoms with Crippen molar-refractivity contribution in [2.75, 3.05) is 5.32 Å². The molecule has 0 fully saturated rings. The molecule has 1 aromatic carbocycles. The molecule has 0 saturated carbocycles. The van der Waals surface area contributed by atoms with Crippen LogP contribution in [0.3, 0.4) is 0 Å². The third-order valence-corrected chi connectivity index (χ3v) is 2.69. The van der Waals surface area contributed by atoms with Gasteiger partial charge in [-0.2, -0.15) is 0 Å². The molecule has 1 aromatic heterocycles. The quantitative estimate of drug-likeness (QED) is 0.859. The fourth-order valence-electron chi connectivity index (χ4n) is 1.62. The molecule has 0 spiro atoms. The van der Waals surface area contributed by atoms with Crippen LogP contribution in [0.15, 0.2) is 24.3 Å². The third-order valence-electron chi connectivity index (χ3n) is 2.52.